The molecule has 0 amide bonds. The summed E-state index contributed by atoms with van der Waals surface area (Å²) in [6.45, 7) is 1.35. The molecule has 3 aromatic rings. The maximum absolute atomic E-state index is 12.7. The van der Waals surface area contributed by atoms with Gasteiger partial charge in [-0.15, -0.1) is 0 Å². The summed E-state index contributed by atoms with van der Waals surface area (Å²) in [5, 5.41) is 19.0. The fraction of sp³-hybridized carbons (Fsp3) is 0.286. The number of nitro benzene ring substituents is 1. The number of benzene rings is 2. The number of sulfonamides is 1. The van der Waals surface area contributed by atoms with Crippen molar-refractivity contribution in [3.63, 3.8) is 0 Å². The molecule has 1 aromatic heterocycles. The SMILES string of the molecule is O=[N+]([O-])c1cc(S(=O)(=O)N2CCCC2)ccc1NCCc1cnn(-c2ccccc2)c1. The Morgan fingerprint density at radius 3 is 2.55 bits per heavy atom. The smallest absolute Gasteiger partial charge is 0.293 e. The van der Waals surface area contributed by atoms with Crippen LogP contribution in [-0.2, 0) is 16.4 Å². The lowest BCUT2D eigenvalue weighted by Gasteiger charge is -2.16. The zero-order chi connectivity index (χ0) is 21.8. The van der Waals surface area contributed by atoms with Crippen LogP contribution in [0.15, 0.2) is 65.8 Å². The van der Waals surface area contributed by atoms with Crippen LogP contribution in [-0.4, -0.2) is 47.1 Å². The van der Waals surface area contributed by atoms with E-state index in [2.05, 4.69) is 10.4 Å². The van der Waals surface area contributed by atoms with Crippen molar-refractivity contribution in [2.45, 2.75) is 24.2 Å². The molecule has 9 nitrogen and oxygen atoms in total. The molecule has 1 fully saturated rings. The molecule has 1 saturated heterocycles. The molecule has 31 heavy (non-hydrogen) atoms. The third-order valence-corrected chi connectivity index (χ3v) is 7.15. The number of para-hydroxylation sites is 1. The third-order valence-electron chi connectivity index (χ3n) is 5.25. The largest absolute Gasteiger partial charge is 0.379 e. The summed E-state index contributed by atoms with van der Waals surface area (Å²) in [6.07, 6.45) is 5.90. The first-order valence-electron chi connectivity index (χ1n) is 10.1. The van der Waals surface area contributed by atoms with Crippen molar-refractivity contribution in [1.29, 1.82) is 0 Å². The van der Waals surface area contributed by atoms with Crippen LogP contribution in [0.2, 0.25) is 0 Å². The highest BCUT2D eigenvalue weighted by molar-refractivity contribution is 7.89. The van der Waals surface area contributed by atoms with Gasteiger partial charge in [0.2, 0.25) is 10.0 Å². The van der Waals surface area contributed by atoms with Crippen LogP contribution in [0.5, 0.6) is 0 Å². The van der Waals surface area contributed by atoms with Crippen molar-refractivity contribution in [1.82, 2.24) is 14.1 Å². The Hall–Kier alpha value is -3.24. The predicted molar refractivity (Wildman–Crippen MR) is 117 cm³/mol. The Balaban J connectivity index is 1.45. The maximum Gasteiger partial charge on any atom is 0.293 e. The number of anilines is 1. The Kier molecular flexibility index (Phi) is 6.01. The molecule has 2 heterocycles. The molecule has 1 N–H and O–H groups in total. The van der Waals surface area contributed by atoms with Gasteiger partial charge in [-0.1, -0.05) is 18.2 Å². The van der Waals surface area contributed by atoms with E-state index < -0.39 is 14.9 Å². The molecule has 10 heteroatoms. The van der Waals surface area contributed by atoms with Crippen LogP contribution in [0.1, 0.15) is 18.4 Å². The molecule has 0 bridgehead atoms. The van der Waals surface area contributed by atoms with E-state index in [1.807, 2.05) is 36.5 Å². The molecule has 0 atom stereocenters. The van der Waals surface area contributed by atoms with Crippen molar-refractivity contribution in [2.75, 3.05) is 25.0 Å². The van der Waals surface area contributed by atoms with Gasteiger partial charge in [0.1, 0.15) is 5.69 Å². The number of hydrogen-bond acceptors (Lipinski definition) is 6. The molecule has 0 saturated carbocycles. The van der Waals surface area contributed by atoms with Crippen LogP contribution in [0.3, 0.4) is 0 Å². The molecule has 2 aromatic carbocycles. The van der Waals surface area contributed by atoms with Gasteiger partial charge in [0.25, 0.3) is 5.69 Å². The molecule has 0 spiro atoms. The van der Waals surface area contributed by atoms with Crippen molar-refractivity contribution < 1.29 is 13.3 Å². The van der Waals surface area contributed by atoms with E-state index in [1.54, 1.807) is 10.9 Å². The molecular weight excluding hydrogens is 418 g/mol. The minimum absolute atomic E-state index is 0.0456. The number of aromatic nitrogens is 2. The number of nitrogens with one attached hydrogen (secondary N) is 1. The number of rotatable bonds is 8. The van der Waals surface area contributed by atoms with Gasteiger partial charge in [0.15, 0.2) is 0 Å². The Morgan fingerprint density at radius 2 is 1.84 bits per heavy atom. The average molecular weight is 442 g/mol. The second-order valence-electron chi connectivity index (χ2n) is 7.35. The van der Waals surface area contributed by atoms with Crippen LogP contribution < -0.4 is 5.32 Å². The van der Waals surface area contributed by atoms with Gasteiger partial charge in [0.05, 0.1) is 21.7 Å². The fourth-order valence-corrected chi connectivity index (χ4v) is 5.14. The molecule has 1 aliphatic heterocycles. The molecule has 4 rings (SSSR count). The van der Waals surface area contributed by atoms with Gasteiger partial charge in [-0.25, -0.2) is 13.1 Å². The van der Waals surface area contributed by atoms with Crippen molar-refractivity contribution >= 4 is 21.4 Å². The van der Waals surface area contributed by atoms with Gasteiger partial charge < -0.3 is 5.32 Å². The molecule has 162 valence electrons. The van der Waals surface area contributed by atoms with E-state index in [-0.39, 0.29) is 10.6 Å². The van der Waals surface area contributed by atoms with Gasteiger partial charge in [0, 0.05) is 31.9 Å². The van der Waals surface area contributed by atoms with Gasteiger partial charge in [-0.3, -0.25) is 10.1 Å². The minimum atomic E-state index is -3.71. The summed E-state index contributed by atoms with van der Waals surface area (Å²) in [5.41, 5.74) is 1.97. The molecule has 0 unspecified atom stereocenters. The number of nitro groups is 1. The topological polar surface area (TPSA) is 110 Å². The highest BCUT2D eigenvalue weighted by Crippen LogP contribution is 2.30. The second kappa shape index (κ2) is 8.86. The average Bonchev–Trinajstić information content (AvgIpc) is 3.47. The van der Waals surface area contributed by atoms with E-state index in [1.165, 1.54) is 16.4 Å². The molecular formula is C21H23N5O4S. The summed E-state index contributed by atoms with van der Waals surface area (Å²) in [7, 11) is -3.71. The lowest BCUT2D eigenvalue weighted by molar-refractivity contribution is -0.384. The minimum Gasteiger partial charge on any atom is -0.379 e. The Bertz CT molecular complexity index is 1170. The van der Waals surface area contributed by atoms with Gasteiger partial charge in [-0.2, -0.15) is 9.40 Å². The van der Waals surface area contributed by atoms with E-state index in [0.29, 0.717) is 31.7 Å². The summed E-state index contributed by atoms with van der Waals surface area (Å²) in [4.78, 5) is 11.0. The van der Waals surface area contributed by atoms with Crippen LogP contribution in [0.25, 0.3) is 5.69 Å². The number of hydrogen-bond donors (Lipinski definition) is 1. The Labute approximate surface area is 180 Å². The zero-order valence-corrected chi connectivity index (χ0v) is 17.7. The lowest BCUT2D eigenvalue weighted by Crippen LogP contribution is -2.27. The Morgan fingerprint density at radius 1 is 1.10 bits per heavy atom. The first kappa shape index (κ1) is 21.0. The van der Waals surface area contributed by atoms with Crippen LogP contribution in [0, 0.1) is 10.1 Å². The summed E-state index contributed by atoms with van der Waals surface area (Å²) in [5.74, 6) is 0. The zero-order valence-electron chi connectivity index (χ0n) is 16.8. The van der Waals surface area contributed by atoms with Crippen LogP contribution >= 0.6 is 0 Å². The molecule has 0 radical (unpaired) electrons. The molecule has 1 aliphatic rings. The normalized spacial score (nSPS) is 14.6. The molecule has 0 aliphatic carbocycles. The van der Waals surface area contributed by atoms with E-state index in [4.69, 9.17) is 0 Å². The van der Waals surface area contributed by atoms with Crippen molar-refractivity contribution in [3.8, 4) is 5.69 Å². The summed E-state index contributed by atoms with van der Waals surface area (Å²) in [6, 6.07) is 13.8. The highest BCUT2D eigenvalue weighted by atomic mass is 32.2. The van der Waals surface area contributed by atoms with E-state index in [0.717, 1.165) is 30.2 Å². The van der Waals surface area contributed by atoms with Crippen LogP contribution in [0.4, 0.5) is 11.4 Å². The monoisotopic (exact) mass is 441 g/mol. The standard InChI is InChI=1S/C21H23N5O4S/c27-26(28)21-14-19(31(29,30)24-12-4-5-13-24)8-9-20(21)22-11-10-17-15-23-25(16-17)18-6-2-1-3-7-18/h1-3,6-9,14-16,22H,4-5,10-13H2. The second-order valence-corrected chi connectivity index (χ2v) is 9.29. The van der Waals surface area contributed by atoms with Crippen molar-refractivity contribution in [3.05, 3.63) is 76.6 Å². The summed E-state index contributed by atoms with van der Waals surface area (Å²) < 4.78 is 28.6. The first-order chi connectivity index (χ1) is 14.9. The van der Waals surface area contributed by atoms with E-state index >= 15 is 0 Å². The van der Waals surface area contributed by atoms with E-state index in [9.17, 15) is 18.5 Å². The summed E-state index contributed by atoms with van der Waals surface area (Å²) >= 11 is 0. The highest BCUT2D eigenvalue weighted by Gasteiger charge is 2.29. The quantitative estimate of drug-likeness (QED) is 0.424. The van der Waals surface area contributed by atoms with Crippen molar-refractivity contribution in [2.24, 2.45) is 0 Å². The third kappa shape index (κ3) is 4.59. The first-order valence-corrected chi connectivity index (χ1v) is 11.5. The fourth-order valence-electron chi connectivity index (χ4n) is 3.60. The van der Waals surface area contributed by atoms with Gasteiger partial charge >= 0.3 is 0 Å². The number of nitrogens with zero attached hydrogens (tertiary/aromatic N) is 4. The van der Waals surface area contributed by atoms with Gasteiger partial charge in [-0.05, 0) is 49.1 Å². The predicted octanol–water partition coefficient (Wildman–Crippen LogP) is 3.22. The maximum atomic E-state index is 12.7. The lowest BCUT2D eigenvalue weighted by atomic mass is 10.2.